The van der Waals surface area contributed by atoms with Gasteiger partial charge in [0.15, 0.2) is 0 Å². The molecule has 0 aliphatic carbocycles. The molecule has 1 atom stereocenters. The predicted octanol–water partition coefficient (Wildman–Crippen LogP) is 4.15. The Kier molecular flexibility index (Phi) is 11.7. The maximum absolute atomic E-state index is 10.6. The van der Waals surface area contributed by atoms with Crippen LogP contribution in [0.2, 0.25) is 0 Å². The summed E-state index contributed by atoms with van der Waals surface area (Å²) in [5.74, 6) is -3.30. The van der Waals surface area contributed by atoms with E-state index in [-0.39, 0.29) is 5.60 Å². The summed E-state index contributed by atoms with van der Waals surface area (Å²) in [4.78, 5) is 28.9. The number of rotatable bonds is 7. The SMILES string of the molecule is COc1ccc(CN2CC3(C2)OCCC3CCNc2ncc(C)cn2)cc1.O=C(O)C(F)(F)F.O=C(O)C(F)(F)F. The van der Waals surface area contributed by atoms with Crippen molar-refractivity contribution in [2.75, 3.05) is 38.7 Å². The number of aryl methyl sites for hydroxylation is 1. The standard InChI is InChI=1S/C21H28N4O2.2C2HF3O2/c1-16-11-23-20(24-12-16)22-9-7-18-8-10-27-21(18)14-25(15-21)13-17-3-5-19(26-2)6-4-17;2*3-2(4,5)1(6)7/h3-6,11-12,18H,7-10,13-15H2,1-2H3,(H,22,23,24);2*(H,6,7). The van der Waals surface area contributed by atoms with E-state index < -0.39 is 24.3 Å². The third-order valence-corrected chi connectivity index (χ3v) is 6.19. The number of ether oxygens (including phenoxy) is 2. The molecule has 228 valence electrons. The summed E-state index contributed by atoms with van der Waals surface area (Å²) in [5, 5.41) is 17.6. The van der Waals surface area contributed by atoms with E-state index in [1.165, 1.54) is 5.56 Å². The summed E-state index contributed by atoms with van der Waals surface area (Å²) < 4.78 is 74.9. The molecule has 3 heterocycles. The first kappa shape index (κ1) is 33.5. The Morgan fingerprint density at radius 2 is 1.56 bits per heavy atom. The third kappa shape index (κ3) is 10.7. The second kappa shape index (κ2) is 14.3. The fourth-order valence-electron chi connectivity index (χ4n) is 4.20. The van der Waals surface area contributed by atoms with Crippen LogP contribution in [0, 0.1) is 12.8 Å². The van der Waals surface area contributed by atoms with Gasteiger partial charge in [-0.25, -0.2) is 19.6 Å². The molecule has 2 fully saturated rings. The molecule has 1 spiro atoms. The number of aliphatic carboxylic acids is 2. The van der Waals surface area contributed by atoms with E-state index in [4.69, 9.17) is 29.3 Å². The Hall–Kier alpha value is -3.66. The molecule has 10 nitrogen and oxygen atoms in total. The van der Waals surface area contributed by atoms with Crippen LogP contribution in [0.3, 0.4) is 0 Å². The quantitative estimate of drug-likeness (QED) is 0.400. The zero-order valence-corrected chi connectivity index (χ0v) is 22.1. The van der Waals surface area contributed by atoms with E-state index in [2.05, 4.69) is 32.3 Å². The lowest BCUT2D eigenvalue weighted by Gasteiger charge is -2.50. The molecule has 4 rings (SSSR count). The lowest BCUT2D eigenvalue weighted by Crippen LogP contribution is -2.64. The molecule has 2 aromatic rings. The summed E-state index contributed by atoms with van der Waals surface area (Å²) in [7, 11) is 1.70. The monoisotopic (exact) mass is 596 g/mol. The second-order valence-corrected chi connectivity index (χ2v) is 9.30. The number of nitrogens with zero attached hydrogens (tertiary/aromatic N) is 3. The number of nitrogens with one attached hydrogen (secondary N) is 1. The zero-order valence-electron chi connectivity index (χ0n) is 22.1. The summed E-state index contributed by atoms with van der Waals surface area (Å²) in [6, 6.07) is 8.34. The van der Waals surface area contributed by atoms with Crippen LogP contribution in [0.1, 0.15) is 24.0 Å². The first-order chi connectivity index (χ1) is 19.1. The Morgan fingerprint density at radius 3 is 2.02 bits per heavy atom. The van der Waals surface area contributed by atoms with Gasteiger partial charge >= 0.3 is 24.3 Å². The molecule has 0 amide bonds. The first-order valence-electron chi connectivity index (χ1n) is 12.2. The number of benzene rings is 1. The Balaban J connectivity index is 0.000000349. The van der Waals surface area contributed by atoms with Crippen molar-refractivity contribution in [2.45, 2.75) is 44.3 Å². The topological polar surface area (TPSA) is 134 Å². The molecule has 1 unspecified atom stereocenters. The molecule has 2 saturated heterocycles. The number of carboxylic acid groups (broad SMARTS) is 2. The maximum Gasteiger partial charge on any atom is 0.490 e. The van der Waals surface area contributed by atoms with Crippen molar-refractivity contribution in [3.05, 3.63) is 47.8 Å². The fraction of sp³-hybridized carbons (Fsp3) is 0.520. The highest BCUT2D eigenvalue weighted by Crippen LogP contribution is 2.42. The van der Waals surface area contributed by atoms with Gasteiger partial charge in [0.1, 0.15) is 5.75 Å². The van der Waals surface area contributed by atoms with Crippen molar-refractivity contribution in [3.8, 4) is 5.75 Å². The summed E-state index contributed by atoms with van der Waals surface area (Å²) in [6.07, 6.45) is -4.24. The number of likely N-dealkylation sites (tertiary alicyclic amines) is 1. The van der Waals surface area contributed by atoms with Crippen molar-refractivity contribution in [3.63, 3.8) is 0 Å². The van der Waals surface area contributed by atoms with Gasteiger partial charge in [0, 0.05) is 45.2 Å². The molecule has 41 heavy (non-hydrogen) atoms. The third-order valence-electron chi connectivity index (χ3n) is 6.19. The molecule has 3 N–H and O–H groups in total. The molecular formula is C25H30F6N4O6. The van der Waals surface area contributed by atoms with Crippen LogP contribution < -0.4 is 10.1 Å². The predicted molar refractivity (Wildman–Crippen MR) is 132 cm³/mol. The van der Waals surface area contributed by atoms with Crippen molar-refractivity contribution in [2.24, 2.45) is 5.92 Å². The van der Waals surface area contributed by atoms with Gasteiger partial charge < -0.3 is 25.0 Å². The number of hydrogen-bond acceptors (Lipinski definition) is 8. The highest BCUT2D eigenvalue weighted by Gasteiger charge is 2.52. The summed E-state index contributed by atoms with van der Waals surface area (Å²) in [5.41, 5.74) is 2.44. The minimum absolute atomic E-state index is 0.0439. The van der Waals surface area contributed by atoms with Crippen molar-refractivity contribution in [1.29, 1.82) is 0 Å². The maximum atomic E-state index is 10.6. The second-order valence-electron chi connectivity index (χ2n) is 9.30. The van der Waals surface area contributed by atoms with Crippen LogP contribution in [-0.2, 0) is 20.9 Å². The lowest BCUT2D eigenvalue weighted by atomic mass is 9.78. The molecule has 0 radical (unpaired) electrons. The molecule has 0 saturated carbocycles. The van der Waals surface area contributed by atoms with Crippen LogP contribution in [-0.4, -0.2) is 88.3 Å². The Bertz CT molecular complexity index is 1100. The average molecular weight is 597 g/mol. The minimum Gasteiger partial charge on any atom is -0.497 e. The van der Waals surface area contributed by atoms with Crippen LogP contribution in [0.5, 0.6) is 5.75 Å². The van der Waals surface area contributed by atoms with Crippen LogP contribution in [0.4, 0.5) is 32.3 Å². The van der Waals surface area contributed by atoms with Gasteiger partial charge in [-0.15, -0.1) is 0 Å². The minimum atomic E-state index is -5.08. The van der Waals surface area contributed by atoms with Crippen molar-refractivity contribution >= 4 is 17.9 Å². The van der Waals surface area contributed by atoms with E-state index in [0.29, 0.717) is 11.9 Å². The van der Waals surface area contributed by atoms with Crippen LogP contribution in [0.25, 0.3) is 0 Å². The number of methoxy groups -OCH3 is 1. The number of alkyl halides is 6. The molecule has 0 bridgehead atoms. The fourth-order valence-corrected chi connectivity index (χ4v) is 4.20. The molecule has 16 heteroatoms. The van der Waals surface area contributed by atoms with Gasteiger partial charge in [0.05, 0.1) is 12.7 Å². The van der Waals surface area contributed by atoms with Gasteiger partial charge in [-0.05, 0) is 48.9 Å². The smallest absolute Gasteiger partial charge is 0.490 e. The first-order valence-corrected chi connectivity index (χ1v) is 12.2. The summed E-state index contributed by atoms with van der Waals surface area (Å²) >= 11 is 0. The van der Waals surface area contributed by atoms with Gasteiger partial charge in [-0.2, -0.15) is 26.3 Å². The Labute approximate surface area is 231 Å². The molecule has 1 aromatic carbocycles. The number of hydrogen-bond donors (Lipinski definition) is 3. The lowest BCUT2D eigenvalue weighted by molar-refractivity contribution is -0.193. The largest absolute Gasteiger partial charge is 0.497 e. The van der Waals surface area contributed by atoms with Crippen LogP contribution >= 0.6 is 0 Å². The molecule has 2 aliphatic heterocycles. The number of carboxylic acids is 2. The Morgan fingerprint density at radius 1 is 1.05 bits per heavy atom. The van der Waals surface area contributed by atoms with E-state index in [0.717, 1.165) is 56.9 Å². The highest BCUT2D eigenvalue weighted by atomic mass is 19.4. The van der Waals surface area contributed by atoms with Gasteiger partial charge in [0.25, 0.3) is 0 Å². The van der Waals surface area contributed by atoms with Gasteiger partial charge in [-0.1, -0.05) is 12.1 Å². The number of aromatic nitrogens is 2. The highest BCUT2D eigenvalue weighted by molar-refractivity contribution is 5.73. The van der Waals surface area contributed by atoms with Crippen LogP contribution in [0.15, 0.2) is 36.7 Å². The average Bonchev–Trinajstić information content (AvgIpc) is 3.29. The number of halogens is 6. The van der Waals surface area contributed by atoms with E-state index in [1.54, 1.807) is 7.11 Å². The van der Waals surface area contributed by atoms with E-state index >= 15 is 0 Å². The zero-order chi connectivity index (χ0) is 30.8. The number of carbonyl (C=O) groups is 2. The van der Waals surface area contributed by atoms with E-state index in [9.17, 15) is 26.3 Å². The molecule has 2 aliphatic rings. The molecule has 1 aromatic heterocycles. The van der Waals surface area contributed by atoms with Crippen molar-refractivity contribution < 1.29 is 55.6 Å². The van der Waals surface area contributed by atoms with E-state index in [1.807, 2.05) is 31.5 Å². The van der Waals surface area contributed by atoms with Crippen molar-refractivity contribution in [1.82, 2.24) is 14.9 Å². The number of anilines is 1. The summed E-state index contributed by atoms with van der Waals surface area (Å²) in [6.45, 7) is 6.77. The normalized spacial score (nSPS) is 17.8. The molecular weight excluding hydrogens is 566 g/mol. The van der Waals surface area contributed by atoms with Gasteiger partial charge in [-0.3, -0.25) is 4.90 Å². The van der Waals surface area contributed by atoms with Gasteiger partial charge in [0.2, 0.25) is 5.95 Å².